The van der Waals surface area contributed by atoms with E-state index in [-0.39, 0.29) is 5.91 Å². The summed E-state index contributed by atoms with van der Waals surface area (Å²) in [5, 5.41) is 3.51. The number of anilines is 1. The van der Waals surface area contributed by atoms with Crippen molar-refractivity contribution in [1.29, 1.82) is 0 Å². The summed E-state index contributed by atoms with van der Waals surface area (Å²) >= 11 is 1.38. The van der Waals surface area contributed by atoms with Crippen molar-refractivity contribution in [1.82, 2.24) is 9.88 Å². The maximum Gasteiger partial charge on any atom is 0.264 e. The van der Waals surface area contributed by atoms with Gasteiger partial charge in [0.05, 0.1) is 23.8 Å². The summed E-state index contributed by atoms with van der Waals surface area (Å²) in [6.45, 7) is 9.72. The van der Waals surface area contributed by atoms with Gasteiger partial charge in [-0.2, -0.15) is 0 Å². The van der Waals surface area contributed by atoms with Crippen LogP contribution in [0.5, 0.6) is 0 Å². The van der Waals surface area contributed by atoms with Crippen LogP contribution in [-0.2, 0) is 16.0 Å². The molecule has 35 heavy (non-hydrogen) atoms. The number of hydrogen-bond acceptors (Lipinski definition) is 5. The van der Waals surface area contributed by atoms with E-state index in [1.807, 2.05) is 18.2 Å². The van der Waals surface area contributed by atoms with E-state index in [1.165, 1.54) is 23.0 Å². The molecule has 0 aliphatic carbocycles. The number of amidine groups is 1. The number of morpholine rings is 1. The Morgan fingerprint density at radius 3 is 2.40 bits per heavy atom. The van der Waals surface area contributed by atoms with Crippen LogP contribution in [0, 0.1) is 13.8 Å². The van der Waals surface area contributed by atoms with Crippen LogP contribution in [0.15, 0.2) is 64.5 Å². The van der Waals surface area contributed by atoms with Crippen LogP contribution < -0.4 is 10.2 Å². The molecule has 5 rings (SSSR count). The zero-order valence-electron chi connectivity index (χ0n) is 20.4. The van der Waals surface area contributed by atoms with Crippen molar-refractivity contribution in [2.75, 3.05) is 31.2 Å². The molecule has 1 N–H and O–H groups in total. The third-order valence-electron chi connectivity index (χ3n) is 6.47. The number of nitrogens with one attached hydrogen (secondary N) is 1. The minimum absolute atomic E-state index is 0.112. The zero-order chi connectivity index (χ0) is 24.4. The molecule has 3 aromatic rings. The Labute approximate surface area is 210 Å². The Hall–Kier alpha value is -3.29. The van der Waals surface area contributed by atoms with Crippen LogP contribution in [0.1, 0.15) is 29.4 Å². The lowest BCUT2D eigenvalue weighted by Crippen LogP contribution is -2.36. The lowest BCUT2D eigenvalue weighted by molar-refractivity contribution is -0.115. The number of aryl methyl sites for hydroxylation is 2. The van der Waals surface area contributed by atoms with Gasteiger partial charge in [-0.25, -0.2) is 4.99 Å². The van der Waals surface area contributed by atoms with Gasteiger partial charge in [-0.3, -0.25) is 4.79 Å². The standard InChI is InChI=1S/C28H30N4O2S/c1-4-21-5-7-23(8-6-21)29-28-30-27(33)26(35-28)18-22-17-19(2)32(20(22)3)25-11-9-24(10-12-25)31-13-15-34-16-14-31/h5-12,17-18H,4,13-16H2,1-3H3,(H,29,30,33)/b26-18+. The summed E-state index contributed by atoms with van der Waals surface area (Å²) < 4.78 is 7.70. The molecule has 1 amide bonds. The van der Waals surface area contributed by atoms with Gasteiger partial charge in [-0.15, -0.1) is 0 Å². The second kappa shape index (κ2) is 10.1. The Balaban J connectivity index is 1.36. The molecule has 180 valence electrons. The first-order valence-corrected chi connectivity index (χ1v) is 12.8. The molecule has 0 unspecified atom stereocenters. The van der Waals surface area contributed by atoms with E-state index in [9.17, 15) is 4.79 Å². The molecule has 0 atom stereocenters. The largest absolute Gasteiger partial charge is 0.378 e. The number of ether oxygens (including phenoxy) is 1. The van der Waals surface area contributed by atoms with Crippen molar-refractivity contribution >= 4 is 40.3 Å². The number of amides is 1. The molecule has 3 heterocycles. The lowest BCUT2D eigenvalue weighted by Gasteiger charge is -2.29. The SMILES string of the molecule is CCc1ccc(N=C2NC(=O)/C(=C\c3cc(C)n(-c4ccc(N5CCOCC5)cc4)c3C)S2)cc1. The highest BCUT2D eigenvalue weighted by molar-refractivity contribution is 8.18. The first-order chi connectivity index (χ1) is 17.0. The van der Waals surface area contributed by atoms with Crippen LogP contribution in [-0.4, -0.2) is 41.9 Å². The molecular weight excluding hydrogens is 456 g/mol. The molecule has 0 bridgehead atoms. The summed E-state index contributed by atoms with van der Waals surface area (Å²) in [7, 11) is 0. The highest BCUT2D eigenvalue weighted by Crippen LogP contribution is 2.31. The first kappa shape index (κ1) is 23.5. The van der Waals surface area contributed by atoms with Gasteiger partial charge in [0.25, 0.3) is 5.91 Å². The fourth-order valence-electron chi connectivity index (χ4n) is 4.51. The number of aromatic nitrogens is 1. The molecule has 0 saturated carbocycles. The van der Waals surface area contributed by atoms with Crippen LogP contribution >= 0.6 is 11.8 Å². The number of benzene rings is 2. The van der Waals surface area contributed by atoms with Crippen molar-refractivity contribution in [2.45, 2.75) is 27.2 Å². The average molecular weight is 487 g/mol. The summed E-state index contributed by atoms with van der Waals surface area (Å²) in [6, 6.07) is 18.9. The van der Waals surface area contributed by atoms with E-state index in [4.69, 9.17) is 4.74 Å². The maximum atomic E-state index is 12.6. The number of rotatable bonds is 5. The van der Waals surface area contributed by atoms with E-state index < -0.39 is 0 Å². The number of carbonyl (C=O) groups is 1. The van der Waals surface area contributed by atoms with Crippen molar-refractivity contribution in [3.8, 4) is 5.69 Å². The molecule has 7 heteroatoms. The number of aliphatic imine (C=N–C) groups is 1. The van der Waals surface area contributed by atoms with E-state index in [0.717, 1.165) is 61.1 Å². The Morgan fingerprint density at radius 1 is 1.03 bits per heavy atom. The molecule has 0 spiro atoms. The van der Waals surface area contributed by atoms with Gasteiger partial charge in [0.1, 0.15) is 0 Å². The molecule has 2 aromatic carbocycles. The molecular formula is C28H30N4O2S. The van der Waals surface area contributed by atoms with E-state index >= 15 is 0 Å². The highest BCUT2D eigenvalue weighted by Gasteiger charge is 2.24. The van der Waals surface area contributed by atoms with E-state index in [1.54, 1.807) is 0 Å². The average Bonchev–Trinajstić information content (AvgIpc) is 3.37. The topological polar surface area (TPSA) is 58.9 Å². The number of carbonyl (C=O) groups excluding carboxylic acids is 1. The van der Waals surface area contributed by atoms with Gasteiger partial charge in [0.2, 0.25) is 0 Å². The predicted molar refractivity (Wildman–Crippen MR) is 145 cm³/mol. The van der Waals surface area contributed by atoms with Crippen molar-refractivity contribution in [2.24, 2.45) is 4.99 Å². The van der Waals surface area contributed by atoms with Crippen molar-refractivity contribution < 1.29 is 9.53 Å². The van der Waals surface area contributed by atoms with Crippen molar-refractivity contribution in [3.63, 3.8) is 0 Å². The van der Waals surface area contributed by atoms with Gasteiger partial charge in [-0.05, 0) is 91.7 Å². The molecule has 2 saturated heterocycles. The molecule has 0 radical (unpaired) electrons. The summed E-state index contributed by atoms with van der Waals surface area (Å²) in [4.78, 5) is 20.2. The zero-order valence-corrected chi connectivity index (χ0v) is 21.2. The van der Waals surface area contributed by atoms with Crippen LogP contribution in [0.2, 0.25) is 0 Å². The van der Waals surface area contributed by atoms with Gasteiger partial charge >= 0.3 is 0 Å². The highest BCUT2D eigenvalue weighted by atomic mass is 32.2. The third kappa shape index (κ3) is 5.06. The fourth-order valence-corrected chi connectivity index (χ4v) is 5.34. The maximum absolute atomic E-state index is 12.6. The molecule has 1 aromatic heterocycles. The third-order valence-corrected chi connectivity index (χ3v) is 7.38. The Morgan fingerprint density at radius 2 is 1.71 bits per heavy atom. The molecule has 2 aliphatic rings. The smallest absolute Gasteiger partial charge is 0.264 e. The molecule has 2 fully saturated rings. The summed E-state index contributed by atoms with van der Waals surface area (Å²) in [5.74, 6) is -0.112. The number of nitrogens with zero attached hydrogens (tertiary/aromatic N) is 3. The normalized spacial score (nSPS) is 18.5. The monoisotopic (exact) mass is 486 g/mol. The quantitative estimate of drug-likeness (QED) is 0.492. The van der Waals surface area contributed by atoms with E-state index in [2.05, 4.69) is 83.0 Å². The second-order valence-corrected chi connectivity index (χ2v) is 9.81. The Kier molecular flexibility index (Phi) is 6.79. The summed E-state index contributed by atoms with van der Waals surface area (Å²) in [6.07, 6.45) is 2.95. The van der Waals surface area contributed by atoms with Gasteiger partial charge in [0.15, 0.2) is 5.17 Å². The minimum atomic E-state index is -0.112. The Bertz CT molecular complexity index is 1280. The second-order valence-electron chi connectivity index (χ2n) is 8.78. The predicted octanol–water partition coefficient (Wildman–Crippen LogP) is 5.38. The van der Waals surface area contributed by atoms with Crippen LogP contribution in [0.25, 0.3) is 11.8 Å². The van der Waals surface area contributed by atoms with Crippen LogP contribution in [0.3, 0.4) is 0 Å². The van der Waals surface area contributed by atoms with Gasteiger partial charge in [-0.1, -0.05) is 19.1 Å². The molecule has 6 nitrogen and oxygen atoms in total. The van der Waals surface area contributed by atoms with Gasteiger partial charge in [0, 0.05) is 35.9 Å². The van der Waals surface area contributed by atoms with Crippen LogP contribution in [0.4, 0.5) is 11.4 Å². The number of thioether (sulfide) groups is 1. The molecule has 2 aliphatic heterocycles. The van der Waals surface area contributed by atoms with Gasteiger partial charge < -0.3 is 19.5 Å². The lowest BCUT2D eigenvalue weighted by atomic mass is 10.2. The van der Waals surface area contributed by atoms with E-state index in [0.29, 0.717) is 10.1 Å². The minimum Gasteiger partial charge on any atom is -0.378 e. The summed E-state index contributed by atoms with van der Waals surface area (Å²) in [5.41, 5.74) is 7.70. The number of hydrogen-bond donors (Lipinski definition) is 1. The van der Waals surface area contributed by atoms with Crippen molar-refractivity contribution in [3.05, 3.63) is 82.0 Å². The first-order valence-electron chi connectivity index (χ1n) is 12.0. The fraction of sp³-hybridized carbons (Fsp3) is 0.286.